The number of rotatable bonds is 5. The summed E-state index contributed by atoms with van der Waals surface area (Å²) in [4.78, 5) is 12.1. The van der Waals surface area contributed by atoms with E-state index in [1.807, 2.05) is 6.92 Å². The summed E-state index contributed by atoms with van der Waals surface area (Å²) >= 11 is 0. The van der Waals surface area contributed by atoms with E-state index in [4.69, 9.17) is 5.73 Å². The molecule has 0 saturated heterocycles. The van der Waals surface area contributed by atoms with Gasteiger partial charge in [-0.2, -0.15) is 0 Å². The first-order chi connectivity index (χ1) is 9.07. The van der Waals surface area contributed by atoms with Crippen molar-refractivity contribution in [2.75, 3.05) is 13.1 Å². The van der Waals surface area contributed by atoms with Crippen molar-refractivity contribution in [1.82, 2.24) is 5.32 Å². The molecule has 1 saturated carbocycles. The van der Waals surface area contributed by atoms with Crippen LogP contribution in [-0.4, -0.2) is 19.0 Å². The first-order valence-corrected chi connectivity index (χ1v) is 6.81. The minimum absolute atomic E-state index is 0.0704. The van der Waals surface area contributed by atoms with Gasteiger partial charge in [0, 0.05) is 13.1 Å². The molecule has 1 aliphatic rings. The van der Waals surface area contributed by atoms with Gasteiger partial charge in [0.25, 0.3) is 0 Å². The normalized spacial score (nSPS) is 16.8. The number of benzene rings is 1. The van der Waals surface area contributed by atoms with E-state index in [0.29, 0.717) is 13.1 Å². The lowest BCUT2D eigenvalue weighted by Crippen LogP contribution is -2.50. The van der Waals surface area contributed by atoms with Crippen molar-refractivity contribution >= 4 is 5.91 Å². The Morgan fingerprint density at radius 1 is 1.47 bits per heavy atom. The van der Waals surface area contributed by atoms with Crippen LogP contribution in [0.3, 0.4) is 0 Å². The summed E-state index contributed by atoms with van der Waals surface area (Å²) in [7, 11) is 0. The maximum atomic E-state index is 13.0. The van der Waals surface area contributed by atoms with Gasteiger partial charge in [0.15, 0.2) is 0 Å². The van der Waals surface area contributed by atoms with Crippen molar-refractivity contribution < 1.29 is 9.18 Å². The topological polar surface area (TPSA) is 55.1 Å². The second-order valence-electron chi connectivity index (χ2n) is 5.41. The van der Waals surface area contributed by atoms with Crippen molar-refractivity contribution in [1.29, 1.82) is 0 Å². The molecule has 19 heavy (non-hydrogen) atoms. The standard InChI is InChI=1S/C15H21FN2O/c1-11-9-13(16)4-3-12(11)5-8-18-14(19)15(10-17)6-2-7-15/h3-4,9H,2,5-8,10,17H2,1H3,(H,18,19). The predicted octanol–water partition coefficient (Wildman–Crippen LogP) is 1.92. The minimum Gasteiger partial charge on any atom is -0.355 e. The summed E-state index contributed by atoms with van der Waals surface area (Å²) in [5.74, 6) is -0.150. The average molecular weight is 264 g/mol. The molecule has 0 spiro atoms. The number of nitrogens with two attached hydrogens (primary N) is 1. The highest BCUT2D eigenvalue weighted by Gasteiger charge is 2.42. The molecular weight excluding hydrogens is 243 g/mol. The van der Waals surface area contributed by atoms with Crippen LogP contribution in [0, 0.1) is 18.2 Å². The molecule has 0 bridgehead atoms. The largest absolute Gasteiger partial charge is 0.355 e. The van der Waals surface area contributed by atoms with E-state index in [1.165, 1.54) is 12.1 Å². The molecule has 1 aromatic carbocycles. The van der Waals surface area contributed by atoms with Gasteiger partial charge in [-0.1, -0.05) is 12.5 Å². The van der Waals surface area contributed by atoms with E-state index in [9.17, 15) is 9.18 Å². The molecule has 3 N–H and O–H groups in total. The molecule has 104 valence electrons. The van der Waals surface area contributed by atoms with Crippen LogP contribution in [-0.2, 0) is 11.2 Å². The lowest BCUT2D eigenvalue weighted by atomic mass is 9.68. The summed E-state index contributed by atoms with van der Waals surface area (Å²) in [6, 6.07) is 4.75. The Kier molecular flexibility index (Phi) is 4.20. The maximum Gasteiger partial charge on any atom is 0.227 e. The number of nitrogens with one attached hydrogen (secondary N) is 1. The summed E-state index contributed by atoms with van der Waals surface area (Å²) in [6.07, 6.45) is 3.59. The summed E-state index contributed by atoms with van der Waals surface area (Å²) in [6.45, 7) is 2.88. The van der Waals surface area contributed by atoms with Crippen LogP contribution in [0.25, 0.3) is 0 Å². The minimum atomic E-state index is -0.322. The fraction of sp³-hybridized carbons (Fsp3) is 0.533. The molecule has 0 heterocycles. The van der Waals surface area contributed by atoms with Crippen LogP contribution in [0.2, 0.25) is 0 Å². The zero-order valence-corrected chi connectivity index (χ0v) is 11.3. The molecule has 4 heteroatoms. The van der Waals surface area contributed by atoms with Crippen LogP contribution >= 0.6 is 0 Å². The first-order valence-electron chi connectivity index (χ1n) is 6.81. The molecule has 1 amide bonds. The average Bonchev–Trinajstić information content (AvgIpc) is 2.31. The number of carbonyl (C=O) groups is 1. The number of hydrogen-bond donors (Lipinski definition) is 2. The highest BCUT2D eigenvalue weighted by Crippen LogP contribution is 2.39. The van der Waals surface area contributed by atoms with Gasteiger partial charge >= 0.3 is 0 Å². The van der Waals surface area contributed by atoms with Crippen molar-refractivity contribution in [2.45, 2.75) is 32.6 Å². The second kappa shape index (κ2) is 5.70. The van der Waals surface area contributed by atoms with Gasteiger partial charge < -0.3 is 11.1 Å². The summed E-state index contributed by atoms with van der Waals surface area (Å²) in [5, 5.41) is 2.95. The van der Waals surface area contributed by atoms with Crippen LogP contribution in [0.4, 0.5) is 4.39 Å². The Morgan fingerprint density at radius 3 is 2.74 bits per heavy atom. The predicted molar refractivity (Wildman–Crippen MR) is 73.2 cm³/mol. The third-order valence-electron chi connectivity index (χ3n) is 4.17. The van der Waals surface area contributed by atoms with E-state index in [2.05, 4.69) is 5.32 Å². The molecule has 0 aliphatic heterocycles. The molecule has 0 radical (unpaired) electrons. The zero-order valence-electron chi connectivity index (χ0n) is 11.3. The second-order valence-corrected chi connectivity index (χ2v) is 5.41. The summed E-state index contributed by atoms with van der Waals surface area (Å²) in [5.41, 5.74) is 7.36. The van der Waals surface area contributed by atoms with E-state index < -0.39 is 0 Å². The monoisotopic (exact) mass is 264 g/mol. The van der Waals surface area contributed by atoms with E-state index in [-0.39, 0.29) is 17.1 Å². The van der Waals surface area contributed by atoms with Crippen molar-refractivity contribution in [3.63, 3.8) is 0 Å². The van der Waals surface area contributed by atoms with Crippen LogP contribution in [0.5, 0.6) is 0 Å². The van der Waals surface area contributed by atoms with Gasteiger partial charge in [0.05, 0.1) is 5.41 Å². The molecular formula is C15H21FN2O. The fourth-order valence-corrected chi connectivity index (χ4v) is 2.57. The van der Waals surface area contributed by atoms with Gasteiger partial charge in [-0.15, -0.1) is 0 Å². The SMILES string of the molecule is Cc1cc(F)ccc1CCNC(=O)C1(CN)CCC1. The molecule has 1 aromatic rings. The van der Waals surface area contributed by atoms with Crippen LogP contribution < -0.4 is 11.1 Å². The Morgan fingerprint density at radius 2 is 2.21 bits per heavy atom. The van der Waals surface area contributed by atoms with E-state index in [0.717, 1.165) is 36.8 Å². The van der Waals surface area contributed by atoms with Gasteiger partial charge in [0.2, 0.25) is 5.91 Å². The van der Waals surface area contributed by atoms with Gasteiger partial charge in [-0.05, 0) is 49.4 Å². The molecule has 1 aliphatic carbocycles. The third kappa shape index (κ3) is 2.95. The fourth-order valence-electron chi connectivity index (χ4n) is 2.57. The quantitative estimate of drug-likeness (QED) is 0.853. The Balaban J connectivity index is 1.85. The van der Waals surface area contributed by atoms with Crippen LogP contribution in [0.15, 0.2) is 18.2 Å². The zero-order chi connectivity index (χ0) is 13.9. The Hall–Kier alpha value is -1.42. The smallest absolute Gasteiger partial charge is 0.227 e. The first kappa shape index (κ1) is 14.0. The highest BCUT2D eigenvalue weighted by atomic mass is 19.1. The lowest BCUT2D eigenvalue weighted by molar-refractivity contribution is -0.135. The van der Waals surface area contributed by atoms with Crippen molar-refractivity contribution in [2.24, 2.45) is 11.1 Å². The van der Waals surface area contributed by atoms with Crippen molar-refractivity contribution in [3.8, 4) is 0 Å². The third-order valence-corrected chi connectivity index (χ3v) is 4.17. The Labute approximate surface area is 113 Å². The van der Waals surface area contributed by atoms with Gasteiger partial charge in [-0.25, -0.2) is 4.39 Å². The van der Waals surface area contributed by atoms with Gasteiger partial charge in [0.1, 0.15) is 5.82 Å². The van der Waals surface area contributed by atoms with Crippen molar-refractivity contribution in [3.05, 3.63) is 35.1 Å². The number of halogens is 1. The number of hydrogen-bond acceptors (Lipinski definition) is 2. The molecule has 2 rings (SSSR count). The van der Waals surface area contributed by atoms with Gasteiger partial charge in [-0.3, -0.25) is 4.79 Å². The molecule has 0 atom stereocenters. The molecule has 3 nitrogen and oxygen atoms in total. The molecule has 1 fully saturated rings. The summed E-state index contributed by atoms with van der Waals surface area (Å²) < 4.78 is 13.0. The molecule has 0 aromatic heterocycles. The number of aryl methyl sites for hydroxylation is 1. The van der Waals surface area contributed by atoms with Crippen LogP contribution in [0.1, 0.15) is 30.4 Å². The maximum absolute atomic E-state index is 13.0. The lowest BCUT2D eigenvalue weighted by Gasteiger charge is -2.39. The van der Waals surface area contributed by atoms with E-state index >= 15 is 0 Å². The van der Waals surface area contributed by atoms with E-state index in [1.54, 1.807) is 6.07 Å². The highest BCUT2D eigenvalue weighted by molar-refractivity contribution is 5.83. The number of amides is 1. The number of carbonyl (C=O) groups excluding carboxylic acids is 1. The molecule has 0 unspecified atom stereocenters. The Bertz CT molecular complexity index is 464.